The summed E-state index contributed by atoms with van der Waals surface area (Å²) in [5.74, 6) is 2.08. The Labute approximate surface area is 273 Å². The molecular formula is C44H43NO. The molecule has 1 atom stereocenters. The van der Waals surface area contributed by atoms with Crippen molar-refractivity contribution in [3.05, 3.63) is 135 Å². The minimum Gasteiger partial charge on any atom is -0.460 e. The lowest BCUT2D eigenvalue weighted by Crippen LogP contribution is -2.18. The average molecular weight is 602 g/mol. The van der Waals surface area contributed by atoms with Crippen molar-refractivity contribution in [2.45, 2.75) is 78.1 Å². The predicted octanol–water partition coefficient (Wildman–Crippen LogP) is 12.8. The number of furan rings is 1. The van der Waals surface area contributed by atoms with Gasteiger partial charge < -0.3 is 9.32 Å². The molecule has 1 unspecified atom stereocenters. The molecule has 3 aliphatic carbocycles. The van der Waals surface area contributed by atoms with Crippen LogP contribution in [0.5, 0.6) is 0 Å². The summed E-state index contributed by atoms with van der Waals surface area (Å²) < 4.78 is 6.45. The molecule has 1 saturated carbocycles. The minimum absolute atomic E-state index is 0.466. The topological polar surface area (TPSA) is 16.4 Å². The van der Waals surface area contributed by atoms with E-state index in [-0.39, 0.29) is 0 Å². The summed E-state index contributed by atoms with van der Waals surface area (Å²) >= 11 is 0. The van der Waals surface area contributed by atoms with E-state index in [1.165, 1.54) is 97.9 Å². The molecule has 5 aromatic rings. The summed E-state index contributed by atoms with van der Waals surface area (Å²) in [7, 11) is 0. The third-order valence-electron chi connectivity index (χ3n) is 10.6. The summed E-state index contributed by atoms with van der Waals surface area (Å²) in [5.41, 5.74) is 14.0. The van der Waals surface area contributed by atoms with Gasteiger partial charge in [0.15, 0.2) is 0 Å². The van der Waals surface area contributed by atoms with Crippen molar-refractivity contribution < 1.29 is 4.42 Å². The van der Waals surface area contributed by atoms with Crippen LogP contribution in [0, 0.1) is 20.8 Å². The van der Waals surface area contributed by atoms with E-state index in [0.717, 1.165) is 24.2 Å². The van der Waals surface area contributed by atoms with Crippen LogP contribution in [0.2, 0.25) is 0 Å². The van der Waals surface area contributed by atoms with Gasteiger partial charge in [-0.25, -0.2) is 0 Å². The van der Waals surface area contributed by atoms with Gasteiger partial charge in [-0.05, 0) is 111 Å². The third-order valence-corrected chi connectivity index (χ3v) is 10.6. The molecule has 0 bridgehead atoms. The second-order valence-electron chi connectivity index (χ2n) is 13.7. The summed E-state index contributed by atoms with van der Waals surface area (Å²) in [6, 6.07) is 22.8. The van der Waals surface area contributed by atoms with Crippen molar-refractivity contribution in [3.8, 4) is 0 Å². The number of hydrogen-bond acceptors (Lipinski definition) is 2. The van der Waals surface area contributed by atoms with Crippen LogP contribution < -0.4 is 4.90 Å². The minimum atomic E-state index is 0.466. The first-order valence-electron chi connectivity index (χ1n) is 17.2. The van der Waals surface area contributed by atoms with E-state index in [1.54, 1.807) is 0 Å². The molecule has 0 aliphatic heterocycles. The lowest BCUT2D eigenvalue weighted by molar-refractivity contribution is 0.566. The molecule has 0 N–H and O–H groups in total. The second kappa shape index (κ2) is 11.7. The van der Waals surface area contributed by atoms with Crippen LogP contribution in [-0.2, 0) is 0 Å². The highest BCUT2D eigenvalue weighted by Gasteiger charge is 2.26. The van der Waals surface area contributed by atoms with Gasteiger partial charge in [0.1, 0.15) is 11.3 Å². The average Bonchev–Trinajstić information content (AvgIpc) is 3.64. The fraction of sp³-hybridized carbons (Fsp3) is 0.273. The molecule has 0 spiro atoms. The Hall–Kier alpha value is -4.56. The highest BCUT2D eigenvalue weighted by Crippen LogP contribution is 2.47. The molecular weight excluding hydrogens is 558 g/mol. The van der Waals surface area contributed by atoms with Gasteiger partial charge in [0.2, 0.25) is 0 Å². The molecule has 4 aromatic carbocycles. The SMILES string of the molecule is C/C(=C\C=C/c1c(C)oc2c(C3CCCC3)cccc12)N(c1ccc(C)cc1C)c1ccc2ccc3c4c2c1C=CC4CCC=C3. The lowest BCUT2D eigenvalue weighted by Gasteiger charge is -2.32. The predicted molar refractivity (Wildman–Crippen MR) is 197 cm³/mol. The second-order valence-corrected chi connectivity index (χ2v) is 13.7. The zero-order valence-electron chi connectivity index (χ0n) is 27.6. The maximum atomic E-state index is 6.45. The number of fused-ring (bicyclic) bond motifs is 1. The van der Waals surface area contributed by atoms with E-state index >= 15 is 0 Å². The highest BCUT2D eigenvalue weighted by molar-refractivity contribution is 6.03. The van der Waals surface area contributed by atoms with E-state index in [4.69, 9.17) is 4.42 Å². The first kappa shape index (κ1) is 28.9. The van der Waals surface area contributed by atoms with Crippen LogP contribution in [0.3, 0.4) is 0 Å². The van der Waals surface area contributed by atoms with Gasteiger partial charge in [0.05, 0.1) is 5.69 Å². The van der Waals surface area contributed by atoms with Crippen LogP contribution in [0.1, 0.15) is 102 Å². The van der Waals surface area contributed by atoms with Crippen LogP contribution in [0.25, 0.3) is 40.0 Å². The van der Waals surface area contributed by atoms with Gasteiger partial charge >= 0.3 is 0 Å². The first-order valence-corrected chi connectivity index (χ1v) is 17.2. The molecule has 1 aromatic heterocycles. The molecule has 46 heavy (non-hydrogen) atoms. The Morgan fingerprint density at radius 1 is 0.891 bits per heavy atom. The molecule has 1 heterocycles. The van der Waals surface area contributed by atoms with E-state index in [9.17, 15) is 0 Å². The summed E-state index contributed by atoms with van der Waals surface area (Å²) in [6.07, 6.45) is 23.7. The Bertz CT molecular complexity index is 2110. The summed E-state index contributed by atoms with van der Waals surface area (Å²) in [5, 5.41) is 3.96. The Kier molecular flexibility index (Phi) is 7.32. The number of anilines is 2. The Balaban J connectivity index is 1.24. The van der Waals surface area contributed by atoms with Crippen LogP contribution >= 0.6 is 0 Å². The fourth-order valence-corrected chi connectivity index (χ4v) is 8.39. The number of allylic oxidation sites excluding steroid dienone is 5. The largest absolute Gasteiger partial charge is 0.460 e. The smallest absolute Gasteiger partial charge is 0.138 e. The zero-order chi connectivity index (χ0) is 31.4. The molecule has 2 nitrogen and oxygen atoms in total. The molecule has 0 radical (unpaired) electrons. The molecule has 2 heteroatoms. The van der Waals surface area contributed by atoms with Crippen molar-refractivity contribution in [1.82, 2.24) is 0 Å². The van der Waals surface area contributed by atoms with Crippen molar-refractivity contribution >= 4 is 51.3 Å². The van der Waals surface area contributed by atoms with Gasteiger partial charge in [-0.3, -0.25) is 0 Å². The fourth-order valence-electron chi connectivity index (χ4n) is 8.39. The van der Waals surface area contributed by atoms with E-state index in [0.29, 0.717) is 11.8 Å². The lowest BCUT2D eigenvalue weighted by atomic mass is 9.81. The van der Waals surface area contributed by atoms with Crippen molar-refractivity contribution in [2.75, 3.05) is 4.90 Å². The van der Waals surface area contributed by atoms with Crippen LogP contribution in [0.4, 0.5) is 11.4 Å². The molecule has 3 aliphatic rings. The van der Waals surface area contributed by atoms with Gasteiger partial charge in [-0.15, -0.1) is 0 Å². The summed E-state index contributed by atoms with van der Waals surface area (Å²) in [4.78, 5) is 2.46. The molecule has 1 fully saturated rings. The highest BCUT2D eigenvalue weighted by atomic mass is 16.3. The number of nitrogens with zero attached hydrogens (tertiary/aromatic N) is 1. The normalized spacial score (nSPS) is 17.9. The number of aryl methyl sites for hydroxylation is 3. The summed E-state index contributed by atoms with van der Waals surface area (Å²) in [6.45, 7) is 8.75. The monoisotopic (exact) mass is 601 g/mol. The quantitative estimate of drug-likeness (QED) is 0.180. The van der Waals surface area contributed by atoms with Gasteiger partial charge in [0, 0.05) is 33.8 Å². The number of hydrogen-bond donors (Lipinski definition) is 0. The van der Waals surface area contributed by atoms with Crippen molar-refractivity contribution in [2.24, 2.45) is 0 Å². The maximum absolute atomic E-state index is 6.45. The van der Waals surface area contributed by atoms with Crippen molar-refractivity contribution in [1.29, 1.82) is 0 Å². The van der Waals surface area contributed by atoms with Crippen LogP contribution in [0.15, 0.2) is 95.1 Å². The maximum Gasteiger partial charge on any atom is 0.138 e. The van der Waals surface area contributed by atoms with Gasteiger partial charge in [0.25, 0.3) is 0 Å². The van der Waals surface area contributed by atoms with E-state index in [2.05, 4.69) is 136 Å². The molecule has 0 saturated heterocycles. The number of rotatable bonds is 6. The first-order chi connectivity index (χ1) is 22.5. The number of para-hydroxylation sites is 1. The van der Waals surface area contributed by atoms with Crippen molar-refractivity contribution in [3.63, 3.8) is 0 Å². The Morgan fingerprint density at radius 3 is 2.57 bits per heavy atom. The van der Waals surface area contributed by atoms with E-state index < -0.39 is 0 Å². The van der Waals surface area contributed by atoms with E-state index in [1.807, 2.05) is 0 Å². The van der Waals surface area contributed by atoms with Gasteiger partial charge in [-0.2, -0.15) is 0 Å². The van der Waals surface area contributed by atoms with Gasteiger partial charge in [-0.1, -0.05) is 103 Å². The Morgan fingerprint density at radius 2 is 1.72 bits per heavy atom. The molecule has 0 amide bonds. The molecule has 230 valence electrons. The molecule has 8 rings (SSSR count). The third kappa shape index (κ3) is 4.87. The standard InChI is InChI=1S/C44H43NO/c1-28-19-25-40(29(2)27-28)45(41-26-23-35-21-20-33-14-7-8-15-34-22-24-39(41)43(35)42(33)34)30(3)11-9-16-36-31(4)46-44-37(17-10-18-38(36)44)32-12-5-6-13-32/h7,9-11,14,16-27,32,34H,5-6,8,12-13,15H2,1-4H3/b16-9-,30-11+. The zero-order valence-corrected chi connectivity index (χ0v) is 27.6. The number of benzene rings is 4. The van der Waals surface area contributed by atoms with Crippen LogP contribution in [-0.4, -0.2) is 0 Å².